The number of benzene rings is 1. The zero-order valence-corrected chi connectivity index (χ0v) is 13.3. The van der Waals surface area contributed by atoms with E-state index in [0.29, 0.717) is 23.4 Å². The minimum absolute atomic E-state index is 0.298. The number of amides is 2. The van der Waals surface area contributed by atoms with Crippen LogP contribution in [-0.4, -0.2) is 18.6 Å². The van der Waals surface area contributed by atoms with Crippen molar-refractivity contribution in [3.05, 3.63) is 46.9 Å². The van der Waals surface area contributed by atoms with E-state index in [1.54, 1.807) is 19.1 Å². The number of ether oxygens (including phenoxy) is 1. The van der Waals surface area contributed by atoms with Gasteiger partial charge in [0.05, 0.1) is 18.2 Å². The first-order chi connectivity index (χ1) is 11.0. The highest BCUT2D eigenvalue weighted by molar-refractivity contribution is 5.95. The van der Waals surface area contributed by atoms with Crippen molar-refractivity contribution in [1.29, 1.82) is 0 Å². The Morgan fingerprint density at radius 1 is 1.35 bits per heavy atom. The lowest BCUT2D eigenvalue weighted by Crippen LogP contribution is -2.45. The average molecular weight is 320 g/mol. The Hall–Kier alpha value is -2.37. The highest BCUT2D eigenvalue weighted by Crippen LogP contribution is 2.28. The molecule has 1 aliphatic heterocycles. The van der Waals surface area contributed by atoms with Gasteiger partial charge in [0.15, 0.2) is 0 Å². The van der Waals surface area contributed by atoms with Gasteiger partial charge in [0.1, 0.15) is 5.82 Å². The topological polar surface area (TPSA) is 67.4 Å². The summed E-state index contributed by atoms with van der Waals surface area (Å²) >= 11 is 0. The van der Waals surface area contributed by atoms with E-state index in [0.717, 1.165) is 19.3 Å². The van der Waals surface area contributed by atoms with Crippen LogP contribution < -0.4 is 10.6 Å². The van der Waals surface area contributed by atoms with Crippen LogP contribution in [0.5, 0.6) is 0 Å². The van der Waals surface area contributed by atoms with Gasteiger partial charge < -0.3 is 15.4 Å². The summed E-state index contributed by atoms with van der Waals surface area (Å²) in [6.07, 6.45) is 2.80. The van der Waals surface area contributed by atoms with E-state index < -0.39 is 23.9 Å². The summed E-state index contributed by atoms with van der Waals surface area (Å²) in [7, 11) is 0. The van der Waals surface area contributed by atoms with E-state index in [2.05, 4.69) is 17.6 Å². The van der Waals surface area contributed by atoms with Crippen LogP contribution in [0, 0.1) is 5.82 Å². The van der Waals surface area contributed by atoms with Gasteiger partial charge in [-0.05, 0) is 31.0 Å². The quantitative estimate of drug-likeness (QED) is 0.625. The van der Waals surface area contributed by atoms with Crippen molar-refractivity contribution < 1.29 is 18.7 Å². The third kappa shape index (κ3) is 4.31. The highest BCUT2D eigenvalue weighted by Gasteiger charge is 2.32. The van der Waals surface area contributed by atoms with Gasteiger partial charge in [-0.2, -0.15) is 0 Å². The molecule has 1 atom stereocenters. The number of nitrogens with one attached hydrogen (secondary N) is 2. The smallest absolute Gasteiger partial charge is 0.338 e. The van der Waals surface area contributed by atoms with Crippen molar-refractivity contribution in [1.82, 2.24) is 10.6 Å². The molecule has 0 aliphatic carbocycles. The molecule has 23 heavy (non-hydrogen) atoms. The van der Waals surface area contributed by atoms with Gasteiger partial charge in [0.25, 0.3) is 0 Å². The van der Waals surface area contributed by atoms with Gasteiger partial charge in [-0.25, -0.2) is 14.0 Å². The van der Waals surface area contributed by atoms with Crippen molar-refractivity contribution in [3.8, 4) is 0 Å². The van der Waals surface area contributed by atoms with Crippen molar-refractivity contribution in [2.45, 2.75) is 39.2 Å². The number of halogens is 1. The molecular weight excluding hydrogens is 299 g/mol. The van der Waals surface area contributed by atoms with Crippen LogP contribution in [0.1, 0.15) is 44.7 Å². The maximum absolute atomic E-state index is 13.5. The molecule has 0 spiro atoms. The van der Waals surface area contributed by atoms with E-state index in [1.807, 2.05) is 0 Å². The van der Waals surface area contributed by atoms with Crippen LogP contribution >= 0.6 is 0 Å². The lowest BCUT2D eigenvalue weighted by atomic mass is 9.95. The standard InChI is InChI=1S/C17H21FN2O3/c1-3-4-5-9-23-16(21)14-11(2)19-17(22)20-15(14)12-7-6-8-13(18)10-12/h6-8,10,15H,3-5,9H2,1-2H3,(H2,19,20,22)/t15-/m1/s1. The number of hydrogen-bond donors (Lipinski definition) is 2. The van der Waals surface area contributed by atoms with E-state index >= 15 is 0 Å². The number of carbonyl (C=O) groups is 2. The molecule has 2 amide bonds. The molecule has 124 valence electrons. The van der Waals surface area contributed by atoms with E-state index in [4.69, 9.17) is 4.74 Å². The molecule has 2 N–H and O–H groups in total. The molecule has 1 heterocycles. The van der Waals surface area contributed by atoms with Crippen molar-refractivity contribution in [3.63, 3.8) is 0 Å². The van der Waals surface area contributed by atoms with Gasteiger partial charge in [-0.15, -0.1) is 0 Å². The first-order valence-electron chi connectivity index (χ1n) is 7.73. The molecule has 0 unspecified atom stereocenters. The molecule has 5 nitrogen and oxygen atoms in total. The molecule has 0 saturated heterocycles. The molecule has 6 heteroatoms. The molecule has 0 bridgehead atoms. The molecule has 0 radical (unpaired) electrons. The Kier molecular flexibility index (Phi) is 5.73. The summed E-state index contributed by atoms with van der Waals surface area (Å²) in [6.45, 7) is 4.02. The van der Waals surface area contributed by atoms with Crippen LogP contribution in [0.25, 0.3) is 0 Å². The van der Waals surface area contributed by atoms with Crippen molar-refractivity contribution in [2.24, 2.45) is 0 Å². The maximum Gasteiger partial charge on any atom is 0.338 e. The number of unbranched alkanes of at least 4 members (excludes halogenated alkanes) is 2. The summed E-state index contributed by atoms with van der Waals surface area (Å²) in [6, 6.07) is 4.66. The molecule has 1 aromatic rings. The molecule has 0 fully saturated rings. The van der Waals surface area contributed by atoms with E-state index in [-0.39, 0.29) is 0 Å². The number of urea groups is 1. The SMILES string of the molecule is CCCCCOC(=O)C1=C(C)NC(=O)N[C@@H]1c1cccc(F)c1. The normalized spacial score (nSPS) is 17.5. The molecule has 2 rings (SSSR count). The molecule has 1 aliphatic rings. The lowest BCUT2D eigenvalue weighted by molar-refractivity contribution is -0.139. The Balaban J connectivity index is 2.22. The zero-order chi connectivity index (χ0) is 16.8. The molecule has 0 saturated carbocycles. The fourth-order valence-corrected chi connectivity index (χ4v) is 2.50. The van der Waals surface area contributed by atoms with Crippen molar-refractivity contribution >= 4 is 12.0 Å². The molecule has 1 aromatic carbocycles. The maximum atomic E-state index is 13.5. The van der Waals surface area contributed by atoms with Gasteiger partial charge in [-0.3, -0.25) is 0 Å². The van der Waals surface area contributed by atoms with Crippen LogP contribution in [-0.2, 0) is 9.53 Å². The first kappa shape index (κ1) is 17.0. The van der Waals surface area contributed by atoms with E-state index in [9.17, 15) is 14.0 Å². The monoisotopic (exact) mass is 320 g/mol. The number of allylic oxidation sites excluding steroid dienone is 1. The zero-order valence-electron chi connectivity index (χ0n) is 13.3. The second-order valence-corrected chi connectivity index (χ2v) is 5.47. The van der Waals surface area contributed by atoms with Gasteiger partial charge in [-0.1, -0.05) is 31.9 Å². The van der Waals surface area contributed by atoms with Gasteiger partial charge in [0, 0.05) is 5.70 Å². The predicted octanol–water partition coefficient (Wildman–Crippen LogP) is 3.19. The third-order valence-electron chi connectivity index (χ3n) is 3.65. The largest absolute Gasteiger partial charge is 0.462 e. The predicted molar refractivity (Wildman–Crippen MR) is 84.0 cm³/mol. The van der Waals surface area contributed by atoms with Crippen LogP contribution in [0.3, 0.4) is 0 Å². The lowest BCUT2D eigenvalue weighted by Gasteiger charge is -2.28. The summed E-state index contributed by atoms with van der Waals surface area (Å²) in [5.74, 6) is -0.927. The van der Waals surface area contributed by atoms with Gasteiger partial charge >= 0.3 is 12.0 Å². The Labute approximate surface area is 134 Å². The Morgan fingerprint density at radius 3 is 2.83 bits per heavy atom. The summed E-state index contributed by atoms with van der Waals surface area (Å²) < 4.78 is 18.8. The summed E-state index contributed by atoms with van der Waals surface area (Å²) in [4.78, 5) is 24.1. The van der Waals surface area contributed by atoms with Gasteiger partial charge in [0.2, 0.25) is 0 Å². The second-order valence-electron chi connectivity index (χ2n) is 5.47. The minimum atomic E-state index is -0.724. The minimum Gasteiger partial charge on any atom is -0.462 e. The fourth-order valence-electron chi connectivity index (χ4n) is 2.50. The van der Waals surface area contributed by atoms with Crippen LogP contribution in [0.15, 0.2) is 35.5 Å². The number of carbonyl (C=O) groups excluding carboxylic acids is 2. The van der Waals surface area contributed by atoms with Crippen LogP contribution in [0.2, 0.25) is 0 Å². The fraction of sp³-hybridized carbons (Fsp3) is 0.412. The highest BCUT2D eigenvalue weighted by atomic mass is 19.1. The molecule has 0 aromatic heterocycles. The summed E-state index contributed by atoms with van der Waals surface area (Å²) in [5, 5.41) is 5.21. The number of esters is 1. The van der Waals surface area contributed by atoms with E-state index in [1.165, 1.54) is 12.1 Å². The number of hydrogen-bond acceptors (Lipinski definition) is 3. The van der Waals surface area contributed by atoms with Crippen LogP contribution in [0.4, 0.5) is 9.18 Å². The first-order valence-corrected chi connectivity index (χ1v) is 7.73. The average Bonchev–Trinajstić information content (AvgIpc) is 2.50. The van der Waals surface area contributed by atoms with Crippen molar-refractivity contribution in [2.75, 3.05) is 6.61 Å². The Bertz CT molecular complexity index is 628. The number of rotatable bonds is 6. The Morgan fingerprint density at radius 2 is 2.13 bits per heavy atom. The second kappa shape index (κ2) is 7.76. The summed E-state index contributed by atoms with van der Waals surface area (Å²) in [5.41, 5.74) is 1.22. The molecular formula is C17H21FN2O3. The third-order valence-corrected chi connectivity index (χ3v) is 3.65.